The Morgan fingerprint density at radius 2 is 1.49 bits per heavy atom. The lowest BCUT2D eigenvalue weighted by Gasteiger charge is -2.11. The van der Waals surface area contributed by atoms with E-state index in [1.54, 1.807) is 0 Å². The van der Waals surface area contributed by atoms with E-state index in [9.17, 15) is 4.79 Å². The van der Waals surface area contributed by atoms with Crippen LogP contribution in [0.5, 0.6) is 5.75 Å². The highest BCUT2D eigenvalue weighted by atomic mass is 16.5. The van der Waals surface area contributed by atoms with Gasteiger partial charge in [0, 0.05) is 17.3 Å². The van der Waals surface area contributed by atoms with E-state index >= 15 is 0 Å². The molecule has 0 saturated heterocycles. The predicted molar refractivity (Wildman–Crippen MR) is 140 cm³/mol. The smallest absolute Gasteiger partial charge is 0.280 e. The van der Waals surface area contributed by atoms with Gasteiger partial charge in [-0.05, 0) is 75.4 Å². The molecule has 0 bridgehead atoms. The average Bonchev–Trinajstić information content (AvgIpc) is 3.42. The summed E-state index contributed by atoms with van der Waals surface area (Å²) >= 11 is 0. The van der Waals surface area contributed by atoms with Crippen LogP contribution in [0.25, 0.3) is 23.0 Å². The second-order valence-electron chi connectivity index (χ2n) is 8.60. The first-order chi connectivity index (χ1) is 17.0. The van der Waals surface area contributed by atoms with Gasteiger partial charge in [0.15, 0.2) is 0 Å². The standard InChI is InChI=1S/C29H26N4O2/c1-20(2)35-26-16-14-22(15-17-26)28-23(19-32(31-28)24-10-6-4-7-11-24)18-27-21(3)30-33(29(27)34)25-12-8-5-9-13-25/h4-20H,1-3H3/b27-18+. The number of benzene rings is 3. The molecule has 3 aromatic carbocycles. The van der Waals surface area contributed by atoms with Gasteiger partial charge in [-0.2, -0.15) is 15.2 Å². The van der Waals surface area contributed by atoms with Crippen molar-refractivity contribution in [1.82, 2.24) is 9.78 Å². The fourth-order valence-corrected chi connectivity index (χ4v) is 3.98. The van der Waals surface area contributed by atoms with E-state index in [2.05, 4.69) is 5.10 Å². The molecule has 6 heteroatoms. The Bertz CT molecular complexity index is 1400. The maximum atomic E-state index is 13.3. The van der Waals surface area contributed by atoms with Crippen LogP contribution in [0.3, 0.4) is 0 Å². The van der Waals surface area contributed by atoms with E-state index in [0.717, 1.165) is 33.9 Å². The predicted octanol–water partition coefficient (Wildman–Crippen LogP) is 6.13. The zero-order valence-electron chi connectivity index (χ0n) is 19.9. The minimum atomic E-state index is -0.159. The van der Waals surface area contributed by atoms with Gasteiger partial charge in [0.25, 0.3) is 5.91 Å². The van der Waals surface area contributed by atoms with Crippen molar-refractivity contribution in [2.45, 2.75) is 26.9 Å². The molecule has 0 aliphatic carbocycles. The molecule has 0 unspecified atom stereocenters. The van der Waals surface area contributed by atoms with Crippen LogP contribution in [-0.4, -0.2) is 27.5 Å². The van der Waals surface area contributed by atoms with Gasteiger partial charge in [-0.25, -0.2) is 4.68 Å². The highest BCUT2D eigenvalue weighted by molar-refractivity contribution is 6.32. The number of anilines is 1. The van der Waals surface area contributed by atoms with Gasteiger partial charge in [-0.1, -0.05) is 36.4 Å². The summed E-state index contributed by atoms with van der Waals surface area (Å²) in [6.45, 7) is 5.86. The van der Waals surface area contributed by atoms with Crippen LogP contribution in [0.15, 0.2) is 102 Å². The Morgan fingerprint density at radius 3 is 2.11 bits per heavy atom. The van der Waals surface area contributed by atoms with Gasteiger partial charge in [0.2, 0.25) is 0 Å². The van der Waals surface area contributed by atoms with Gasteiger partial charge in [-0.3, -0.25) is 4.79 Å². The second-order valence-corrected chi connectivity index (χ2v) is 8.60. The van der Waals surface area contributed by atoms with E-state index in [1.807, 2.05) is 123 Å². The highest BCUT2D eigenvalue weighted by Crippen LogP contribution is 2.30. The summed E-state index contributed by atoms with van der Waals surface area (Å²) in [5.41, 5.74) is 5.42. The summed E-state index contributed by atoms with van der Waals surface area (Å²) in [5.74, 6) is 0.645. The molecule has 0 saturated carbocycles. The molecule has 0 N–H and O–H groups in total. The van der Waals surface area contributed by atoms with Gasteiger partial charge < -0.3 is 4.74 Å². The molecule has 2 heterocycles. The third kappa shape index (κ3) is 4.64. The van der Waals surface area contributed by atoms with E-state index in [-0.39, 0.29) is 12.0 Å². The van der Waals surface area contributed by atoms with Crippen LogP contribution in [0, 0.1) is 0 Å². The second kappa shape index (κ2) is 9.43. The Labute approximate surface area is 204 Å². The van der Waals surface area contributed by atoms with E-state index < -0.39 is 0 Å². The number of rotatable bonds is 6. The molecule has 4 aromatic rings. The van der Waals surface area contributed by atoms with Gasteiger partial charge in [0.1, 0.15) is 5.75 Å². The number of carbonyl (C=O) groups excluding carboxylic acids is 1. The Balaban J connectivity index is 1.56. The molecule has 0 spiro atoms. The summed E-state index contributed by atoms with van der Waals surface area (Å²) in [4.78, 5) is 13.3. The first-order valence-electron chi connectivity index (χ1n) is 11.6. The average molecular weight is 463 g/mol. The summed E-state index contributed by atoms with van der Waals surface area (Å²) < 4.78 is 7.63. The minimum absolute atomic E-state index is 0.0987. The number of para-hydroxylation sites is 2. The van der Waals surface area contributed by atoms with Crippen molar-refractivity contribution in [3.8, 4) is 22.7 Å². The summed E-state index contributed by atoms with van der Waals surface area (Å²) in [7, 11) is 0. The Kier molecular flexibility index (Phi) is 6.02. The molecule has 0 atom stereocenters. The topological polar surface area (TPSA) is 59.7 Å². The number of hydrogen-bond acceptors (Lipinski definition) is 4. The Hall–Kier alpha value is -4.45. The molecular formula is C29H26N4O2. The minimum Gasteiger partial charge on any atom is -0.491 e. The molecule has 0 fully saturated rings. The van der Waals surface area contributed by atoms with E-state index in [0.29, 0.717) is 11.3 Å². The SMILES string of the molecule is CC1=NN(c2ccccc2)C(=O)/C1=C/c1cn(-c2ccccc2)nc1-c1ccc(OC(C)C)cc1. The molecular weight excluding hydrogens is 436 g/mol. The fourth-order valence-electron chi connectivity index (χ4n) is 3.98. The normalized spacial score (nSPS) is 14.6. The van der Waals surface area contributed by atoms with Crippen molar-refractivity contribution in [1.29, 1.82) is 0 Å². The van der Waals surface area contributed by atoms with Crippen molar-refractivity contribution in [2.75, 3.05) is 5.01 Å². The van der Waals surface area contributed by atoms with Crippen LogP contribution in [0.1, 0.15) is 26.3 Å². The molecule has 1 aliphatic heterocycles. The fraction of sp³-hybridized carbons (Fsp3) is 0.138. The highest BCUT2D eigenvalue weighted by Gasteiger charge is 2.29. The lowest BCUT2D eigenvalue weighted by atomic mass is 10.0. The zero-order chi connectivity index (χ0) is 24.4. The molecule has 5 rings (SSSR count). The van der Waals surface area contributed by atoms with Gasteiger partial charge in [0.05, 0.1) is 34.5 Å². The van der Waals surface area contributed by atoms with Crippen molar-refractivity contribution >= 4 is 23.4 Å². The first-order valence-corrected chi connectivity index (χ1v) is 11.6. The van der Waals surface area contributed by atoms with Crippen LogP contribution in [0.4, 0.5) is 5.69 Å². The molecule has 0 radical (unpaired) electrons. The van der Waals surface area contributed by atoms with Crippen molar-refractivity contribution in [3.63, 3.8) is 0 Å². The monoisotopic (exact) mass is 462 g/mol. The lowest BCUT2D eigenvalue weighted by Crippen LogP contribution is -2.21. The summed E-state index contributed by atoms with van der Waals surface area (Å²) in [6.07, 6.45) is 3.92. The number of hydrogen-bond donors (Lipinski definition) is 0. The maximum absolute atomic E-state index is 13.3. The number of hydrazone groups is 1. The third-order valence-corrected chi connectivity index (χ3v) is 5.63. The zero-order valence-corrected chi connectivity index (χ0v) is 19.9. The number of nitrogens with zero attached hydrogens (tertiary/aromatic N) is 4. The molecule has 35 heavy (non-hydrogen) atoms. The summed E-state index contributed by atoms with van der Waals surface area (Å²) in [6, 6.07) is 27.2. The lowest BCUT2D eigenvalue weighted by molar-refractivity contribution is -0.114. The summed E-state index contributed by atoms with van der Waals surface area (Å²) in [5, 5.41) is 10.8. The number of aromatic nitrogens is 2. The van der Waals surface area contributed by atoms with Gasteiger partial charge >= 0.3 is 0 Å². The third-order valence-electron chi connectivity index (χ3n) is 5.63. The van der Waals surface area contributed by atoms with Crippen LogP contribution in [-0.2, 0) is 4.79 Å². The quantitative estimate of drug-likeness (QED) is 0.324. The van der Waals surface area contributed by atoms with Crippen LogP contribution in [0.2, 0.25) is 0 Å². The van der Waals surface area contributed by atoms with Crippen molar-refractivity contribution in [3.05, 3.63) is 102 Å². The van der Waals surface area contributed by atoms with Gasteiger partial charge in [-0.15, -0.1) is 0 Å². The number of amides is 1. The molecule has 1 aliphatic rings. The Morgan fingerprint density at radius 1 is 0.857 bits per heavy atom. The molecule has 1 amide bonds. The number of carbonyl (C=O) groups is 1. The first kappa shape index (κ1) is 22.3. The van der Waals surface area contributed by atoms with Crippen LogP contribution >= 0.6 is 0 Å². The largest absolute Gasteiger partial charge is 0.491 e. The van der Waals surface area contributed by atoms with Crippen molar-refractivity contribution < 1.29 is 9.53 Å². The van der Waals surface area contributed by atoms with E-state index in [4.69, 9.17) is 9.84 Å². The molecule has 1 aromatic heterocycles. The van der Waals surface area contributed by atoms with Crippen molar-refractivity contribution in [2.24, 2.45) is 5.10 Å². The molecule has 6 nitrogen and oxygen atoms in total. The maximum Gasteiger partial charge on any atom is 0.280 e. The van der Waals surface area contributed by atoms with E-state index in [1.165, 1.54) is 5.01 Å². The number of ether oxygens (including phenoxy) is 1. The molecule has 174 valence electrons. The van der Waals surface area contributed by atoms with Crippen LogP contribution < -0.4 is 9.75 Å².